The van der Waals surface area contributed by atoms with Crippen LogP contribution in [0.2, 0.25) is 0 Å². The lowest BCUT2D eigenvalue weighted by atomic mass is 9.86. The molecule has 15 heavy (non-hydrogen) atoms. The smallest absolute Gasteiger partial charge is 0.0229 e. The maximum absolute atomic E-state index is 3.97. The average Bonchev–Trinajstić information content (AvgIpc) is 2.76. The average molecular weight is 240 g/mol. The van der Waals surface area contributed by atoms with E-state index in [1.165, 1.54) is 30.6 Å². The summed E-state index contributed by atoms with van der Waals surface area (Å²) in [4.78, 5) is 0. The molecule has 0 aromatic heterocycles. The zero-order chi connectivity index (χ0) is 11.1. The van der Waals surface area contributed by atoms with Gasteiger partial charge in [-0.3, -0.25) is 0 Å². The SMILES string of the molecule is C1=CSSC1.C=C(C)C1CC=C(C)CC1. The number of hydrogen-bond donors (Lipinski definition) is 0. The maximum Gasteiger partial charge on any atom is 0.0229 e. The molecule has 1 unspecified atom stereocenters. The van der Waals surface area contributed by atoms with Crippen molar-refractivity contribution in [2.75, 3.05) is 5.75 Å². The molecule has 0 bridgehead atoms. The lowest BCUT2D eigenvalue weighted by molar-refractivity contribution is 0.540. The van der Waals surface area contributed by atoms with E-state index in [4.69, 9.17) is 0 Å². The summed E-state index contributed by atoms with van der Waals surface area (Å²) in [6.45, 7) is 8.33. The standard InChI is InChI=1S/C10H16.C3H4S2/c1-8(2)10-6-4-9(3)5-7-10;1-2-4-5-3-1/h4,10H,1,5-7H2,2-3H3;1-2H,3H2. The Labute approximate surface area is 102 Å². The van der Waals surface area contributed by atoms with Crippen molar-refractivity contribution in [1.82, 2.24) is 0 Å². The Kier molecular flexibility index (Phi) is 6.26. The lowest BCUT2D eigenvalue weighted by Gasteiger charge is -2.19. The Balaban J connectivity index is 0.000000187. The van der Waals surface area contributed by atoms with Gasteiger partial charge in [-0.15, -0.1) is 0 Å². The van der Waals surface area contributed by atoms with Crippen LogP contribution in [0.1, 0.15) is 33.1 Å². The van der Waals surface area contributed by atoms with Gasteiger partial charge in [-0.25, -0.2) is 0 Å². The van der Waals surface area contributed by atoms with Gasteiger partial charge in [0.1, 0.15) is 0 Å². The first kappa shape index (κ1) is 13.0. The normalized spacial score (nSPS) is 24.1. The van der Waals surface area contributed by atoms with Crippen molar-refractivity contribution in [2.45, 2.75) is 33.1 Å². The topological polar surface area (TPSA) is 0 Å². The second-order valence-electron chi connectivity index (χ2n) is 4.12. The molecule has 1 aliphatic carbocycles. The molecular weight excluding hydrogens is 220 g/mol. The molecule has 2 rings (SSSR count). The molecule has 1 aliphatic heterocycles. The van der Waals surface area contributed by atoms with Crippen molar-refractivity contribution in [3.8, 4) is 0 Å². The van der Waals surface area contributed by atoms with E-state index in [0.717, 1.165) is 5.92 Å². The summed E-state index contributed by atoms with van der Waals surface area (Å²) in [5, 5.41) is 2.12. The molecule has 0 saturated carbocycles. The third kappa shape index (κ3) is 5.53. The van der Waals surface area contributed by atoms with Gasteiger partial charge in [0.15, 0.2) is 0 Å². The minimum Gasteiger partial charge on any atom is -0.0998 e. The summed E-state index contributed by atoms with van der Waals surface area (Å²) in [5.41, 5.74) is 2.90. The zero-order valence-corrected chi connectivity index (χ0v) is 11.3. The van der Waals surface area contributed by atoms with Gasteiger partial charge in [0.2, 0.25) is 0 Å². The third-order valence-corrected chi connectivity index (χ3v) is 4.64. The van der Waals surface area contributed by atoms with Gasteiger partial charge < -0.3 is 0 Å². The Morgan fingerprint density at radius 1 is 1.53 bits per heavy atom. The van der Waals surface area contributed by atoms with E-state index in [9.17, 15) is 0 Å². The number of allylic oxidation sites excluding steroid dienone is 3. The summed E-state index contributed by atoms with van der Waals surface area (Å²) in [7, 11) is 3.69. The first-order chi connectivity index (χ1) is 7.20. The molecule has 0 aromatic rings. The molecule has 0 fully saturated rings. The first-order valence-electron chi connectivity index (χ1n) is 5.44. The molecular formula is C13H20S2. The van der Waals surface area contributed by atoms with Crippen LogP contribution in [0.5, 0.6) is 0 Å². The van der Waals surface area contributed by atoms with Crippen molar-refractivity contribution in [1.29, 1.82) is 0 Å². The Morgan fingerprint density at radius 3 is 2.67 bits per heavy atom. The van der Waals surface area contributed by atoms with E-state index in [-0.39, 0.29) is 0 Å². The highest BCUT2D eigenvalue weighted by Crippen LogP contribution is 2.28. The molecule has 0 spiro atoms. The van der Waals surface area contributed by atoms with Gasteiger partial charge in [0.25, 0.3) is 0 Å². The summed E-state index contributed by atoms with van der Waals surface area (Å²) < 4.78 is 0. The molecule has 0 nitrogen and oxygen atoms in total. The highest BCUT2D eigenvalue weighted by Gasteiger charge is 2.11. The summed E-state index contributed by atoms with van der Waals surface area (Å²) >= 11 is 0. The number of hydrogen-bond acceptors (Lipinski definition) is 2. The van der Waals surface area contributed by atoms with Crippen LogP contribution in [0.15, 0.2) is 35.3 Å². The van der Waals surface area contributed by atoms with Gasteiger partial charge >= 0.3 is 0 Å². The van der Waals surface area contributed by atoms with Crippen molar-refractivity contribution in [2.24, 2.45) is 5.92 Å². The summed E-state index contributed by atoms with van der Waals surface area (Å²) in [5.74, 6) is 1.97. The van der Waals surface area contributed by atoms with Gasteiger partial charge in [0, 0.05) is 5.75 Å². The van der Waals surface area contributed by atoms with E-state index >= 15 is 0 Å². The Bertz CT molecular complexity index is 258. The molecule has 2 aliphatic rings. The van der Waals surface area contributed by atoms with Gasteiger partial charge in [-0.2, -0.15) is 0 Å². The molecule has 0 N–H and O–H groups in total. The van der Waals surface area contributed by atoms with Crippen LogP contribution < -0.4 is 0 Å². The molecule has 84 valence electrons. The van der Waals surface area contributed by atoms with Crippen molar-refractivity contribution in [3.05, 3.63) is 35.3 Å². The third-order valence-electron chi connectivity index (χ3n) is 2.72. The van der Waals surface area contributed by atoms with Crippen LogP contribution in [0, 0.1) is 5.92 Å². The molecule has 0 radical (unpaired) electrons. The van der Waals surface area contributed by atoms with Gasteiger partial charge in [-0.05, 0) is 44.4 Å². The van der Waals surface area contributed by atoms with Crippen LogP contribution >= 0.6 is 21.6 Å². The predicted octanol–water partition coefficient (Wildman–Crippen LogP) is 5.20. The molecule has 0 aromatic carbocycles. The number of rotatable bonds is 1. The molecule has 1 atom stereocenters. The summed E-state index contributed by atoms with van der Waals surface area (Å²) in [6, 6.07) is 0. The molecule has 1 heterocycles. The second-order valence-corrected chi connectivity index (χ2v) is 6.44. The Morgan fingerprint density at radius 2 is 2.33 bits per heavy atom. The molecule has 2 heteroatoms. The first-order valence-corrected chi connectivity index (χ1v) is 7.82. The fourth-order valence-electron chi connectivity index (χ4n) is 1.61. The highest BCUT2D eigenvalue weighted by atomic mass is 33.1. The van der Waals surface area contributed by atoms with Crippen LogP contribution in [-0.4, -0.2) is 5.75 Å². The fraction of sp³-hybridized carbons (Fsp3) is 0.538. The van der Waals surface area contributed by atoms with E-state index in [0.29, 0.717) is 0 Å². The van der Waals surface area contributed by atoms with Crippen molar-refractivity contribution in [3.63, 3.8) is 0 Å². The highest BCUT2D eigenvalue weighted by molar-refractivity contribution is 8.78. The monoisotopic (exact) mass is 240 g/mol. The van der Waals surface area contributed by atoms with E-state index in [1.54, 1.807) is 5.57 Å². The van der Waals surface area contributed by atoms with E-state index in [1.807, 2.05) is 21.6 Å². The van der Waals surface area contributed by atoms with Gasteiger partial charge in [0.05, 0.1) is 0 Å². The van der Waals surface area contributed by atoms with Crippen LogP contribution in [0.3, 0.4) is 0 Å². The second kappa shape index (κ2) is 7.24. The minimum atomic E-state index is 0.767. The van der Waals surface area contributed by atoms with Crippen molar-refractivity contribution < 1.29 is 0 Å². The van der Waals surface area contributed by atoms with Gasteiger partial charge in [-0.1, -0.05) is 51.5 Å². The zero-order valence-electron chi connectivity index (χ0n) is 9.66. The largest absolute Gasteiger partial charge is 0.0998 e. The quantitative estimate of drug-likeness (QED) is 0.456. The Hall–Kier alpha value is -0.0800. The molecule has 0 amide bonds. The predicted molar refractivity (Wildman–Crippen MR) is 75.1 cm³/mol. The van der Waals surface area contributed by atoms with Crippen LogP contribution in [0.4, 0.5) is 0 Å². The molecule has 0 saturated heterocycles. The van der Waals surface area contributed by atoms with E-state index in [2.05, 4.69) is 38.0 Å². The van der Waals surface area contributed by atoms with E-state index < -0.39 is 0 Å². The fourth-order valence-corrected chi connectivity index (χ4v) is 3.18. The van der Waals surface area contributed by atoms with Crippen molar-refractivity contribution >= 4 is 21.6 Å². The minimum absolute atomic E-state index is 0.767. The lowest BCUT2D eigenvalue weighted by Crippen LogP contribution is -2.04. The summed E-state index contributed by atoms with van der Waals surface area (Å²) in [6.07, 6.45) is 8.33. The van der Waals surface area contributed by atoms with Crippen LogP contribution in [-0.2, 0) is 0 Å². The van der Waals surface area contributed by atoms with Crippen LogP contribution in [0.25, 0.3) is 0 Å². The maximum atomic E-state index is 3.97.